The second-order valence-corrected chi connectivity index (χ2v) is 9.49. The molecule has 172 valence electrons. The molecule has 1 aliphatic heterocycles. The predicted octanol–water partition coefficient (Wildman–Crippen LogP) is 5.23. The number of carbonyl (C=O) groups is 1. The van der Waals surface area contributed by atoms with E-state index in [9.17, 15) is 4.79 Å². The van der Waals surface area contributed by atoms with Gasteiger partial charge in [-0.2, -0.15) is 0 Å². The van der Waals surface area contributed by atoms with Crippen molar-refractivity contribution in [3.63, 3.8) is 0 Å². The fourth-order valence-electron chi connectivity index (χ4n) is 5.14. The zero-order valence-electron chi connectivity index (χ0n) is 19.9. The van der Waals surface area contributed by atoms with Gasteiger partial charge in [-0.05, 0) is 62.1 Å². The summed E-state index contributed by atoms with van der Waals surface area (Å²) in [6.07, 6.45) is 6.53. The number of aryl methyl sites for hydroxylation is 1. The number of rotatable bonds is 7. The molecule has 0 aromatic heterocycles. The molecule has 1 aliphatic carbocycles. The van der Waals surface area contributed by atoms with Gasteiger partial charge in [-0.15, -0.1) is 0 Å². The van der Waals surface area contributed by atoms with Crippen molar-refractivity contribution in [2.75, 3.05) is 29.9 Å². The van der Waals surface area contributed by atoms with Crippen LogP contribution in [0.25, 0.3) is 0 Å². The Hall–Kier alpha value is -2.69. The summed E-state index contributed by atoms with van der Waals surface area (Å²) in [5, 5.41) is 2.92. The molecule has 0 radical (unpaired) electrons. The lowest BCUT2D eigenvalue weighted by atomic mass is 10.1. The maximum absolute atomic E-state index is 11.3. The third-order valence-electron chi connectivity index (χ3n) is 7.06. The van der Waals surface area contributed by atoms with E-state index >= 15 is 0 Å². The van der Waals surface area contributed by atoms with Gasteiger partial charge in [0.05, 0.1) is 12.6 Å². The Morgan fingerprint density at radius 3 is 2.53 bits per heavy atom. The summed E-state index contributed by atoms with van der Waals surface area (Å²) in [6.45, 7) is 7.67. The van der Waals surface area contributed by atoms with Crippen LogP contribution >= 0.6 is 0 Å². The summed E-state index contributed by atoms with van der Waals surface area (Å²) in [6, 6.07) is 15.7. The molecule has 2 atom stereocenters. The van der Waals surface area contributed by atoms with Crippen LogP contribution in [-0.2, 0) is 4.79 Å². The number of hydrogen-bond acceptors (Lipinski definition) is 4. The van der Waals surface area contributed by atoms with Gasteiger partial charge in [-0.25, -0.2) is 0 Å². The van der Waals surface area contributed by atoms with E-state index in [4.69, 9.17) is 4.74 Å². The molecule has 2 unspecified atom stereocenters. The molecule has 1 saturated heterocycles. The van der Waals surface area contributed by atoms with Gasteiger partial charge in [-0.1, -0.05) is 31.0 Å². The Bertz CT molecular complexity index is 921. The molecule has 1 saturated carbocycles. The summed E-state index contributed by atoms with van der Waals surface area (Å²) in [5.74, 6) is 0.874. The first-order valence-electron chi connectivity index (χ1n) is 12.0. The van der Waals surface area contributed by atoms with Crippen LogP contribution in [0.5, 0.6) is 5.75 Å². The molecule has 2 aliphatic rings. The lowest BCUT2D eigenvalue weighted by molar-refractivity contribution is -0.119. The Morgan fingerprint density at radius 1 is 1.12 bits per heavy atom. The van der Waals surface area contributed by atoms with Crippen LogP contribution in [0.4, 0.5) is 11.4 Å². The third kappa shape index (κ3) is 5.20. The van der Waals surface area contributed by atoms with Crippen molar-refractivity contribution in [3.05, 3.63) is 53.6 Å². The Labute approximate surface area is 192 Å². The fraction of sp³-hybridized carbons (Fsp3) is 0.519. The van der Waals surface area contributed by atoms with E-state index in [0.717, 1.165) is 30.8 Å². The second kappa shape index (κ2) is 9.85. The molecule has 32 heavy (non-hydrogen) atoms. The Balaban J connectivity index is 1.37. The number of ether oxygens (including phenoxy) is 1. The van der Waals surface area contributed by atoms with E-state index in [-0.39, 0.29) is 18.1 Å². The molecular formula is C27H37N3O2. The first-order chi connectivity index (χ1) is 15.4. The average molecular weight is 436 g/mol. The monoisotopic (exact) mass is 435 g/mol. The quantitative estimate of drug-likeness (QED) is 0.647. The Morgan fingerprint density at radius 2 is 1.84 bits per heavy atom. The highest BCUT2D eigenvalue weighted by atomic mass is 16.5. The molecule has 2 fully saturated rings. The van der Waals surface area contributed by atoms with Crippen LogP contribution in [0, 0.1) is 6.92 Å². The smallest absolute Gasteiger partial charge is 0.217 e. The van der Waals surface area contributed by atoms with Crippen molar-refractivity contribution in [1.29, 1.82) is 0 Å². The molecule has 2 aromatic rings. The zero-order chi connectivity index (χ0) is 22.7. The highest BCUT2D eigenvalue weighted by molar-refractivity contribution is 5.73. The molecule has 5 nitrogen and oxygen atoms in total. The zero-order valence-corrected chi connectivity index (χ0v) is 19.9. The number of hydrogen-bond donors (Lipinski definition) is 1. The van der Waals surface area contributed by atoms with Gasteiger partial charge in [-0.3, -0.25) is 4.79 Å². The van der Waals surface area contributed by atoms with Gasteiger partial charge >= 0.3 is 0 Å². The van der Waals surface area contributed by atoms with Crippen LogP contribution in [0.2, 0.25) is 0 Å². The molecule has 1 N–H and O–H groups in total. The van der Waals surface area contributed by atoms with Crippen LogP contribution in [0.1, 0.15) is 63.1 Å². The standard InChI is InChI=1S/C27H37N3O2/c1-19-9-12-24(17-27(19)29(4)23-7-5-6-8-23)30-16-15-26(18-30)32-25-13-10-22(11-14-25)20(2)28-21(3)31/h9-14,17,20,23,26H,5-8,15-16,18H2,1-4H3,(H,28,31). The SMILES string of the molecule is CC(=O)NC(C)c1ccc(OC2CCN(c3ccc(C)c(N(C)C4CCCC4)c3)C2)cc1. The molecule has 4 rings (SSSR count). The van der Waals surface area contributed by atoms with Gasteiger partial charge in [0.1, 0.15) is 11.9 Å². The normalized spacial score (nSPS) is 19.8. The highest BCUT2D eigenvalue weighted by Crippen LogP contribution is 2.33. The molecule has 1 amide bonds. The molecule has 0 bridgehead atoms. The van der Waals surface area contributed by atoms with Crippen LogP contribution < -0.4 is 19.9 Å². The maximum Gasteiger partial charge on any atom is 0.217 e. The summed E-state index contributed by atoms with van der Waals surface area (Å²) in [4.78, 5) is 16.2. The van der Waals surface area contributed by atoms with E-state index < -0.39 is 0 Å². The first kappa shape index (κ1) is 22.5. The largest absolute Gasteiger partial charge is 0.489 e. The summed E-state index contributed by atoms with van der Waals surface area (Å²) in [5.41, 5.74) is 5.09. The van der Waals surface area contributed by atoms with E-state index in [1.807, 2.05) is 31.2 Å². The Kier molecular flexibility index (Phi) is 6.92. The van der Waals surface area contributed by atoms with Crippen molar-refractivity contribution in [2.24, 2.45) is 0 Å². The summed E-state index contributed by atoms with van der Waals surface area (Å²) < 4.78 is 6.29. The van der Waals surface area contributed by atoms with Crippen LogP contribution in [0.3, 0.4) is 0 Å². The number of anilines is 2. The van der Waals surface area contributed by atoms with Crippen molar-refractivity contribution in [3.8, 4) is 5.75 Å². The average Bonchev–Trinajstić information content (AvgIpc) is 3.46. The van der Waals surface area contributed by atoms with Crippen molar-refractivity contribution >= 4 is 17.3 Å². The lowest BCUT2D eigenvalue weighted by Gasteiger charge is -2.30. The number of nitrogens with zero attached hydrogens (tertiary/aromatic N) is 2. The number of benzene rings is 2. The molecular weight excluding hydrogens is 398 g/mol. The number of nitrogens with one attached hydrogen (secondary N) is 1. The molecule has 1 heterocycles. The summed E-state index contributed by atoms with van der Waals surface area (Å²) >= 11 is 0. The van der Waals surface area contributed by atoms with E-state index in [2.05, 4.69) is 47.3 Å². The minimum atomic E-state index is -0.0161. The van der Waals surface area contributed by atoms with E-state index in [0.29, 0.717) is 6.04 Å². The van der Waals surface area contributed by atoms with Gasteiger partial charge in [0, 0.05) is 44.4 Å². The van der Waals surface area contributed by atoms with Gasteiger partial charge in [0.15, 0.2) is 0 Å². The third-order valence-corrected chi connectivity index (χ3v) is 7.06. The number of amides is 1. The van der Waals surface area contributed by atoms with Crippen molar-refractivity contribution in [1.82, 2.24) is 5.32 Å². The van der Waals surface area contributed by atoms with Crippen LogP contribution in [0.15, 0.2) is 42.5 Å². The molecule has 2 aromatic carbocycles. The van der Waals surface area contributed by atoms with Crippen LogP contribution in [-0.4, -0.2) is 38.2 Å². The summed E-state index contributed by atoms with van der Waals surface area (Å²) in [7, 11) is 2.26. The highest BCUT2D eigenvalue weighted by Gasteiger charge is 2.26. The first-order valence-corrected chi connectivity index (χ1v) is 12.0. The topological polar surface area (TPSA) is 44.8 Å². The minimum absolute atomic E-state index is 0.00150. The number of carbonyl (C=O) groups excluding carboxylic acids is 1. The maximum atomic E-state index is 11.3. The predicted molar refractivity (Wildman–Crippen MR) is 132 cm³/mol. The second-order valence-electron chi connectivity index (χ2n) is 9.49. The lowest BCUT2D eigenvalue weighted by Crippen LogP contribution is -2.30. The van der Waals surface area contributed by atoms with Gasteiger partial charge < -0.3 is 19.9 Å². The van der Waals surface area contributed by atoms with Crippen molar-refractivity contribution in [2.45, 2.75) is 71.1 Å². The van der Waals surface area contributed by atoms with Gasteiger partial charge in [0.2, 0.25) is 5.91 Å². The minimum Gasteiger partial charge on any atom is -0.489 e. The van der Waals surface area contributed by atoms with Gasteiger partial charge in [0.25, 0.3) is 0 Å². The molecule has 0 spiro atoms. The fourth-order valence-corrected chi connectivity index (χ4v) is 5.14. The molecule has 5 heteroatoms. The van der Waals surface area contributed by atoms with Crippen molar-refractivity contribution < 1.29 is 9.53 Å². The van der Waals surface area contributed by atoms with E-state index in [1.54, 1.807) is 6.92 Å². The van der Waals surface area contributed by atoms with E-state index in [1.165, 1.54) is 42.6 Å².